The summed E-state index contributed by atoms with van der Waals surface area (Å²) in [5, 5.41) is 4.93. The van der Waals surface area contributed by atoms with Crippen molar-refractivity contribution in [2.75, 3.05) is 13.1 Å². The summed E-state index contributed by atoms with van der Waals surface area (Å²) >= 11 is 0. The highest BCUT2D eigenvalue weighted by Gasteiger charge is 2.26. The number of nitrogens with zero attached hydrogens (tertiary/aromatic N) is 4. The zero-order valence-electron chi connectivity index (χ0n) is 16.0. The first-order chi connectivity index (χ1) is 13.0. The van der Waals surface area contributed by atoms with E-state index in [1.54, 1.807) is 6.92 Å². The third kappa shape index (κ3) is 3.56. The Morgan fingerprint density at radius 2 is 1.96 bits per heavy atom. The van der Waals surface area contributed by atoms with Crippen LogP contribution in [0.15, 0.2) is 28.8 Å². The van der Waals surface area contributed by atoms with Crippen molar-refractivity contribution in [2.24, 2.45) is 5.92 Å². The highest BCUT2D eigenvalue weighted by molar-refractivity contribution is 6.06. The number of carbonyl (C=O) groups excluding carboxylic acids is 1. The maximum absolute atomic E-state index is 13.2. The maximum Gasteiger partial charge on any atom is 0.254 e. The van der Waals surface area contributed by atoms with Gasteiger partial charge in [0.1, 0.15) is 0 Å². The molecule has 0 spiro atoms. The predicted molar refractivity (Wildman–Crippen MR) is 103 cm³/mol. The number of carbonyl (C=O) groups is 1. The van der Waals surface area contributed by atoms with Gasteiger partial charge in [0.15, 0.2) is 5.82 Å². The highest BCUT2D eigenvalue weighted by atomic mass is 16.5. The van der Waals surface area contributed by atoms with Gasteiger partial charge in [-0.25, -0.2) is 0 Å². The monoisotopic (exact) mass is 364 g/mol. The number of aryl methyl sites for hydroxylation is 3. The van der Waals surface area contributed by atoms with Gasteiger partial charge < -0.3 is 9.42 Å². The zero-order valence-corrected chi connectivity index (χ0v) is 16.0. The fourth-order valence-electron chi connectivity index (χ4n) is 3.89. The van der Waals surface area contributed by atoms with Gasteiger partial charge in [-0.15, -0.1) is 0 Å². The van der Waals surface area contributed by atoms with E-state index in [4.69, 9.17) is 4.52 Å². The first kappa shape index (κ1) is 17.6. The Kier molecular flexibility index (Phi) is 4.64. The number of rotatable bonds is 3. The van der Waals surface area contributed by atoms with Crippen molar-refractivity contribution in [3.63, 3.8) is 0 Å². The molecule has 1 aliphatic rings. The first-order valence-corrected chi connectivity index (χ1v) is 9.46. The van der Waals surface area contributed by atoms with Crippen LogP contribution < -0.4 is 0 Å². The lowest BCUT2D eigenvalue weighted by Gasteiger charge is -2.32. The van der Waals surface area contributed by atoms with Crippen LogP contribution in [0.5, 0.6) is 0 Å². The van der Waals surface area contributed by atoms with Crippen LogP contribution in [0.3, 0.4) is 0 Å². The van der Waals surface area contributed by atoms with E-state index in [9.17, 15) is 4.79 Å². The Morgan fingerprint density at radius 3 is 2.67 bits per heavy atom. The molecule has 0 unspecified atom stereocenters. The van der Waals surface area contributed by atoms with E-state index in [0.717, 1.165) is 65.9 Å². The fraction of sp³-hybridized carbons (Fsp3) is 0.429. The van der Waals surface area contributed by atoms with Crippen LogP contribution >= 0.6 is 0 Å². The van der Waals surface area contributed by atoms with E-state index in [2.05, 4.69) is 15.1 Å². The Balaban J connectivity index is 1.50. The number of piperidine rings is 1. The minimum Gasteiger partial charge on any atom is -0.340 e. The number of benzene rings is 1. The number of hydrogen-bond donors (Lipinski definition) is 0. The molecule has 0 bridgehead atoms. The van der Waals surface area contributed by atoms with Gasteiger partial charge in [0.05, 0.1) is 11.1 Å². The van der Waals surface area contributed by atoms with E-state index < -0.39 is 0 Å². The number of pyridine rings is 1. The van der Waals surface area contributed by atoms with Gasteiger partial charge in [-0.1, -0.05) is 23.4 Å². The van der Waals surface area contributed by atoms with Gasteiger partial charge in [0.2, 0.25) is 5.89 Å². The van der Waals surface area contributed by atoms with Crippen molar-refractivity contribution in [1.29, 1.82) is 0 Å². The smallest absolute Gasteiger partial charge is 0.254 e. The molecule has 0 saturated carbocycles. The number of fused-ring (bicyclic) bond motifs is 1. The van der Waals surface area contributed by atoms with E-state index in [-0.39, 0.29) is 5.91 Å². The molecule has 0 radical (unpaired) electrons. The number of hydrogen-bond acceptors (Lipinski definition) is 5. The molecule has 6 nitrogen and oxygen atoms in total. The number of aromatic nitrogens is 3. The standard InChI is InChI=1S/C21H24N4O2/c1-13-5-4-6-17-18(11-14(2)22-20(13)17)21(26)25-9-7-16(8-10-25)12-19-23-15(3)27-24-19/h4-6,11,16H,7-10,12H2,1-3H3. The molecule has 0 atom stereocenters. The van der Waals surface area contributed by atoms with Crippen molar-refractivity contribution in [2.45, 2.75) is 40.0 Å². The summed E-state index contributed by atoms with van der Waals surface area (Å²) in [6.45, 7) is 7.31. The molecule has 3 heterocycles. The normalized spacial score (nSPS) is 15.4. The summed E-state index contributed by atoms with van der Waals surface area (Å²) in [4.78, 5) is 24.1. The van der Waals surface area contributed by atoms with Crippen molar-refractivity contribution < 1.29 is 9.32 Å². The molecule has 1 aromatic carbocycles. The van der Waals surface area contributed by atoms with E-state index >= 15 is 0 Å². The molecule has 1 saturated heterocycles. The van der Waals surface area contributed by atoms with E-state index in [1.165, 1.54) is 0 Å². The van der Waals surface area contributed by atoms with Gasteiger partial charge in [0, 0.05) is 37.5 Å². The minimum atomic E-state index is 0.102. The van der Waals surface area contributed by atoms with Gasteiger partial charge >= 0.3 is 0 Å². The van der Waals surface area contributed by atoms with Crippen LogP contribution in [0.1, 0.15) is 46.2 Å². The Labute approximate surface area is 158 Å². The van der Waals surface area contributed by atoms with Crippen LogP contribution in [0, 0.1) is 26.7 Å². The SMILES string of the molecule is Cc1cc(C(=O)N2CCC(Cc3noc(C)n3)CC2)c2cccc(C)c2n1. The summed E-state index contributed by atoms with van der Waals surface area (Å²) in [5.74, 6) is 1.96. The Hall–Kier alpha value is -2.76. The maximum atomic E-state index is 13.2. The second kappa shape index (κ2) is 7.10. The van der Waals surface area contributed by atoms with Gasteiger partial charge in [-0.2, -0.15) is 4.98 Å². The second-order valence-corrected chi connectivity index (χ2v) is 7.45. The molecule has 1 fully saturated rings. The summed E-state index contributed by atoms with van der Waals surface area (Å²) < 4.78 is 5.05. The molecule has 3 aromatic rings. The molecular weight excluding hydrogens is 340 g/mol. The Morgan fingerprint density at radius 1 is 1.19 bits per heavy atom. The average molecular weight is 364 g/mol. The van der Waals surface area contributed by atoms with E-state index in [1.807, 2.05) is 43.0 Å². The van der Waals surface area contributed by atoms with Crippen LogP contribution in [0.2, 0.25) is 0 Å². The molecule has 1 aliphatic heterocycles. The third-order valence-corrected chi connectivity index (χ3v) is 5.34. The molecule has 0 N–H and O–H groups in total. The quantitative estimate of drug-likeness (QED) is 0.709. The molecule has 1 amide bonds. The van der Waals surface area contributed by atoms with Crippen LogP contribution in [-0.2, 0) is 6.42 Å². The summed E-state index contributed by atoms with van der Waals surface area (Å²) in [7, 11) is 0. The number of amides is 1. The lowest BCUT2D eigenvalue weighted by Crippen LogP contribution is -2.39. The van der Waals surface area contributed by atoms with Crippen LogP contribution in [0.25, 0.3) is 10.9 Å². The molecule has 4 rings (SSSR count). The molecule has 2 aromatic heterocycles. The predicted octanol–water partition coefficient (Wildman–Crippen LogP) is 3.64. The number of para-hydroxylation sites is 1. The van der Waals surface area contributed by atoms with Crippen LogP contribution in [0.4, 0.5) is 0 Å². The third-order valence-electron chi connectivity index (χ3n) is 5.34. The summed E-state index contributed by atoms with van der Waals surface area (Å²) in [6, 6.07) is 7.93. The lowest BCUT2D eigenvalue weighted by molar-refractivity contribution is 0.0691. The topological polar surface area (TPSA) is 72.1 Å². The van der Waals surface area contributed by atoms with Crippen molar-refractivity contribution in [1.82, 2.24) is 20.0 Å². The molecular formula is C21H24N4O2. The molecule has 27 heavy (non-hydrogen) atoms. The second-order valence-electron chi connectivity index (χ2n) is 7.45. The summed E-state index contributed by atoms with van der Waals surface area (Å²) in [5.41, 5.74) is 3.65. The number of likely N-dealkylation sites (tertiary alicyclic amines) is 1. The van der Waals surface area contributed by atoms with Crippen LogP contribution in [-0.4, -0.2) is 39.0 Å². The molecule has 140 valence electrons. The molecule has 0 aliphatic carbocycles. The molecule has 6 heteroatoms. The lowest BCUT2D eigenvalue weighted by atomic mass is 9.92. The summed E-state index contributed by atoms with van der Waals surface area (Å²) in [6.07, 6.45) is 2.73. The van der Waals surface area contributed by atoms with Crippen molar-refractivity contribution in [3.05, 3.63) is 52.8 Å². The first-order valence-electron chi connectivity index (χ1n) is 9.46. The highest BCUT2D eigenvalue weighted by Crippen LogP contribution is 2.26. The minimum absolute atomic E-state index is 0.102. The largest absolute Gasteiger partial charge is 0.340 e. The fourth-order valence-corrected chi connectivity index (χ4v) is 3.89. The average Bonchev–Trinajstić information content (AvgIpc) is 3.07. The van der Waals surface area contributed by atoms with E-state index in [0.29, 0.717) is 11.8 Å². The van der Waals surface area contributed by atoms with Gasteiger partial charge in [0.25, 0.3) is 5.91 Å². The Bertz CT molecular complexity index is 987. The zero-order chi connectivity index (χ0) is 19.0. The van der Waals surface area contributed by atoms with Crippen molar-refractivity contribution >= 4 is 16.8 Å². The van der Waals surface area contributed by atoms with Gasteiger partial charge in [-0.05, 0) is 44.2 Å². The van der Waals surface area contributed by atoms with Crippen molar-refractivity contribution in [3.8, 4) is 0 Å². The van der Waals surface area contributed by atoms with Gasteiger partial charge in [-0.3, -0.25) is 9.78 Å².